The van der Waals surface area contributed by atoms with Crippen LogP contribution in [0.15, 0.2) is 18.2 Å². The minimum absolute atomic E-state index is 0.216. The van der Waals surface area contributed by atoms with Crippen molar-refractivity contribution >= 4 is 15.9 Å². The van der Waals surface area contributed by atoms with E-state index in [0.717, 1.165) is 23.2 Å². The van der Waals surface area contributed by atoms with E-state index in [4.69, 9.17) is 9.47 Å². The van der Waals surface area contributed by atoms with Gasteiger partial charge in [-0.1, -0.05) is 28.9 Å². The van der Waals surface area contributed by atoms with E-state index >= 15 is 0 Å². The summed E-state index contributed by atoms with van der Waals surface area (Å²) in [5.41, 5.74) is 1.18. The van der Waals surface area contributed by atoms with E-state index in [1.54, 1.807) is 7.11 Å². The molecule has 0 N–H and O–H groups in total. The molecule has 1 atom stereocenters. The molecule has 0 saturated heterocycles. The Hall–Kier alpha value is -0.700. The lowest BCUT2D eigenvalue weighted by Gasteiger charge is -2.15. The van der Waals surface area contributed by atoms with Gasteiger partial charge in [-0.2, -0.15) is 0 Å². The second-order valence-electron chi connectivity index (χ2n) is 3.46. The maximum Gasteiger partial charge on any atom is 0.161 e. The first kappa shape index (κ1) is 12.4. The molecule has 0 heterocycles. The first-order valence-electron chi connectivity index (χ1n) is 5.10. The van der Waals surface area contributed by atoms with Gasteiger partial charge in [-0.05, 0) is 31.0 Å². The zero-order valence-corrected chi connectivity index (χ0v) is 11.0. The number of hydrogen-bond donors (Lipinski definition) is 0. The lowest BCUT2D eigenvalue weighted by atomic mass is 10.2. The van der Waals surface area contributed by atoms with Gasteiger partial charge in [0.05, 0.1) is 13.2 Å². The van der Waals surface area contributed by atoms with Crippen LogP contribution in [0.25, 0.3) is 0 Å². The molecule has 15 heavy (non-hydrogen) atoms. The van der Waals surface area contributed by atoms with Gasteiger partial charge in [0.15, 0.2) is 11.5 Å². The molecule has 1 unspecified atom stereocenters. The molecule has 0 amide bonds. The Labute approximate surface area is 99.7 Å². The summed E-state index contributed by atoms with van der Waals surface area (Å²) in [5.74, 6) is 1.61. The second-order valence-corrected chi connectivity index (χ2v) is 4.02. The molecule has 0 fully saturated rings. The Bertz CT molecular complexity index is 312. The van der Waals surface area contributed by atoms with Gasteiger partial charge in [-0.25, -0.2) is 0 Å². The van der Waals surface area contributed by atoms with Gasteiger partial charge in [0.2, 0.25) is 0 Å². The maximum atomic E-state index is 5.74. The minimum atomic E-state index is 0.216. The molecule has 84 valence electrons. The van der Waals surface area contributed by atoms with Crippen LogP contribution in [0, 0.1) is 0 Å². The third-order valence-electron chi connectivity index (χ3n) is 2.29. The molecule has 2 nitrogen and oxygen atoms in total. The lowest BCUT2D eigenvalue weighted by molar-refractivity contribution is 0.207. The highest BCUT2D eigenvalue weighted by Crippen LogP contribution is 2.29. The quantitative estimate of drug-likeness (QED) is 0.760. The molecule has 1 aromatic rings. The fraction of sp³-hybridized carbons (Fsp3) is 0.500. The molecule has 0 radical (unpaired) electrons. The van der Waals surface area contributed by atoms with Crippen molar-refractivity contribution in [2.75, 3.05) is 7.11 Å². The van der Waals surface area contributed by atoms with Crippen molar-refractivity contribution in [3.8, 4) is 11.5 Å². The molecular weight excluding hydrogens is 256 g/mol. The fourth-order valence-corrected chi connectivity index (χ4v) is 1.54. The van der Waals surface area contributed by atoms with Crippen LogP contribution in [-0.2, 0) is 5.33 Å². The lowest BCUT2D eigenvalue weighted by Crippen LogP contribution is -2.10. The van der Waals surface area contributed by atoms with Crippen LogP contribution < -0.4 is 9.47 Å². The number of hydrogen-bond acceptors (Lipinski definition) is 2. The van der Waals surface area contributed by atoms with Gasteiger partial charge in [0.1, 0.15) is 0 Å². The van der Waals surface area contributed by atoms with Gasteiger partial charge in [0.25, 0.3) is 0 Å². The molecule has 3 heteroatoms. The highest BCUT2D eigenvalue weighted by Gasteiger charge is 2.08. The minimum Gasteiger partial charge on any atom is -0.493 e. The van der Waals surface area contributed by atoms with Crippen molar-refractivity contribution in [1.82, 2.24) is 0 Å². The summed E-state index contributed by atoms with van der Waals surface area (Å²) in [5, 5.41) is 0.826. The van der Waals surface area contributed by atoms with Crippen molar-refractivity contribution < 1.29 is 9.47 Å². The molecule has 1 rings (SSSR count). The zero-order valence-electron chi connectivity index (χ0n) is 9.42. The Morgan fingerprint density at radius 2 is 2.07 bits per heavy atom. The third kappa shape index (κ3) is 3.42. The van der Waals surface area contributed by atoms with Crippen LogP contribution in [0.1, 0.15) is 25.8 Å². The molecule has 0 aliphatic carbocycles. The summed E-state index contributed by atoms with van der Waals surface area (Å²) in [4.78, 5) is 0. The van der Waals surface area contributed by atoms with E-state index in [0.29, 0.717) is 0 Å². The third-order valence-corrected chi connectivity index (χ3v) is 2.93. The standard InChI is InChI=1S/C12H17BrO2/c1-4-9(2)15-11-6-5-10(8-13)7-12(11)14-3/h5-7,9H,4,8H2,1-3H3. The molecule has 0 spiro atoms. The maximum absolute atomic E-state index is 5.74. The number of methoxy groups -OCH3 is 1. The van der Waals surface area contributed by atoms with E-state index in [9.17, 15) is 0 Å². The summed E-state index contributed by atoms with van der Waals surface area (Å²) in [6, 6.07) is 5.99. The molecule has 1 aromatic carbocycles. The number of halogens is 1. The van der Waals surface area contributed by atoms with Gasteiger partial charge in [0, 0.05) is 5.33 Å². The largest absolute Gasteiger partial charge is 0.493 e. The van der Waals surface area contributed by atoms with Crippen LogP contribution in [-0.4, -0.2) is 13.2 Å². The molecule has 0 aromatic heterocycles. The predicted octanol–water partition coefficient (Wildman–Crippen LogP) is 3.77. The van der Waals surface area contributed by atoms with E-state index < -0.39 is 0 Å². The molecule has 0 bridgehead atoms. The molecule has 0 saturated carbocycles. The zero-order chi connectivity index (χ0) is 11.3. The van der Waals surface area contributed by atoms with Crippen LogP contribution in [0.3, 0.4) is 0 Å². The summed E-state index contributed by atoms with van der Waals surface area (Å²) < 4.78 is 11.0. The Morgan fingerprint density at radius 3 is 2.60 bits per heavy atom. The number of benzene rings is 1. The van der Waals surface area contributed by atoms with Crippen molar-refractivity contribution in [2.45, 2.75) is 31.7 Å². The SMILES string of the molecule is CCC(C)Oc1ccc(CBr)cc1OC. The molecular formula is C12H17BrO2. The molecule has 0 aliphatic heterocycles. The Kier molecular flexibility index (Phi) is 4.95. The van der Waals surface area contributed by atoms with Crippen LogP contribution in [0.2, 0.25) is 0 Å². The van der Waals surface area contributed by atoms with Gasteiger partial charge < -0.3 is 9.47 Å². The summed E-state index contributed by atoms with van der Waals surface area (Å²) in [6.07, 6.45) is 1.21. The summed E-state index contributed by atoms with van der Waals surface area (Å²) in [7, 11) is 1.66. The van der Waals surface area contributed by atoms with Crippen LogP contribution in [0.5, 0.6) is 11.5 Å². The highest BCUT2D eigenvalue weighted by molar-refractivity contribution is 9.08. The normalized spacial score (nSPS) is 12.3. The van der Waals surface area contributed by atoms with Gasteiger partial charge in [-0.15, -0.1) is 0 Å². The summed E-state index contributed by atoms with van der Waals surface area (Å²) in [6.45, 7) is 4.15. The van der Waals surface area contributed by atoms with E-state index in [-0.39, 0.29) is 6.10 Å². The van der Waals surface area contributed by atoms with Gasteiger partial charge in [-0.3, -0.25) is 0 Å². The topological polar surface area (TPSA) is 18.5 Å². The highest BCUT2D eigenvalue weighted by atomic mass is 79.9. The average Bonchev–Trinajstić information content (AvgIpc) is 2.29. The van der Waals surface area contributed by atoms with E-state index in [1.165, 1.54) is 5.56 Å². The predicted molar refractivity (Wildman–Crippen MR) is 66.0 cm³/mol. The van der Waals surface area contributed by atoms with Crippen LogP contribution in [0.4, 0.5) is 0 Å². The van der Waals surface area contributed by atoms with Gasteiger partial charge >= 0.3 is 0 Å². The fourth-order valence-electron chi connectivity index (χ4n) is 1.19. The molecule has 0 aliphatic rings. The first-order chi connectivity index (χ1) is 7.21. The Balaban J connectivity index is 2.87. The van der Waals surface area contributed by atoms with E-state index in [2.05, 4.69) is 29.8 Å². The monoisotopic (exact) mass is 272 g/mol. The number of rotatable bonds is 5. The van der Waals surface area contributed by atoms with Crippen molar-refractivity contribution in [3.63, 3.8) is 0 Å². The van der Waals surface area contributed by atoms with Crippen LogP contribution >= 0.6 is 15.9 Å². The van der Waals surface area contributed by atoms with E-state index in [1.807, 2.05) is 18.2 Å². The Morgan fingerprint density at radius 1 is 1.33 bits per heavy atom. The van der Waals surface area contributed by atoms with Crippen molar-refractivity contribution in [3.05, 3.63) is 23.8 Å². The average molecular weight is 273 g/mol. The van der Waals surface area contributed by atoms with Crippen molar-refractivity contribution in [2.24, 2.45) is 0 Å². The first-order valence-corrected chi connectivity index (χ1v) is 6.23. The number of alkyl halides is 1. The van der Waals surface area contributed by atoms with Crippen molar-refractivity contribution in [1.29, 1.82) is 0 Å². The summed E-state index contributed by atoms with van der Waals surface area (Å²) >= 11 is 3.41. The number of ether oxygens (including phenoxy) is 2. The second kappa shape index (κ2) is 6.01. The smallest absolute Gasteiger partial charge is 0.161 e.